The fourth-order valence-electron chi connectivity index (χ4n) is 0.592. The molecule has 1 atom stereocenters. The molecule has 0 aromatic carbocycles. The molecular formula is C7H11IO4. The highest BCUT2D eigenvalue weighted by Crippen LogP contribution is 2.10. The number of esters is 2. The molecule has 1 unspecified atom stereocenters. The molecule has 12 heavy (non-hydrogen) atoms. The lowest BCUT2D eigenvalue weighted by molar-refractivity contribution is -0.141. The normalized spacial score (nSPS) is 11.9. The van der Waals surface area contributed by atoms with Crippen LogP contribution in [0.15, 0.2) is 0 Å². The Bertz CT molecular complexity index is 169. The summed E-state index contributed by atoms with van der Waals surface area (Å²) in [5.74, 6) is -0.611. The van der Waals surface area contributed by atoms with E-state index in [1.54, 1.807) is 0 Å². The Morgan fingerprint density at radius 2 is 1.92 bits per heavy atom. The molecule has 0 aromatic rings. The molecular weight excluding hydrogens is 275 g/mol. The van der Waals surface area contributed by atoms with E-state index >= 15 is 0 Å². The molecule has 0 heterocycles. The molecule has 0 rings (SSSR count). The van der Waals surface area contributed by atoms with Gasteiger partial charge in [-0.15, -0.1) is 0 Å². The van der Waals surface area contributed by atoms with E-state index in [0.29, 0.717) is 6.42 Å². The molecule has 0 aliphatic heterocycles. The van der Waals surface area contributed by atoms with E-state index in [2.05, 4.69) is 9.47 Å². The van der Waals surface area contributed by atoms with E-state index < -0.39 is 0 Å². The molecule has 0 N–H and O–H groups in total. The van der Waals surface area contributed by atoms with Crippen molar-refractivity contribution in [1.82, 2.24) is 0 Å². The fraction of sp³-hybridized carbons (Fsp3) is 0.714. The van der Waals surface area contributed by atoms with E-state index in [1.165, 1.54) is 14.2 Å². The Morgan fingerprint density at radius 1 is 1.33 bits per heavy atom. The molecule has 70 valence electrons. The lowest BCUT2D eigenvalue weighted by Crippen LogP contribution is -2.17. The second kappa shape index (κ2) is 6.22. The van der Waals surface area contributed by atoms with Crippen LogP contribution in [0.5, 0.6) is 0 Å². The van der Waals surface area contributed by atoms with Crippen LogP contribution < -0.4 is 0 Å². The molecule has 0 amide bonds. The molecule has 0 saturated carbocycles. The van der Waals surface area contributed by atoms with Crippen molar-refractivity contribution in [3.8, 4) is 0 Å². The summed E-state index contributed by atoms with van der Waals surface area (Å²) < 4.78 is 8.63. The average Bonchev–Trinajstić information content (AvgIpc) is 2.11. The zero-order chi connectivity index (χ0) is 9.56. The van der Waals surface area contributed by atoms with Crippen LogP contribution in [-0.2, 0) is 19.1 Å². The third-order valence-electron chi connectivity index (χ3n) is 1.29. The van der Waals surface area contributed by atoms with Crippen molar-refractivity contribution >= 4 is 34.5 Å². The molecule has 0 aliphatic carbocycles. The lowest BCUT2D eigenvalue weighted by atomic mass is 10.2. The third-order valence-corrected chi connectivity index (χ3v) is 2.42. The van der Waals surface area contributed by atoms with Gasteiger partial charge in [0.2, 0.25) is 0 Å². The number of rotatable bonds is 4. The van der Waals surface area contributed by atoms with Gasteiger partial charge in [-0.1, -0.05) is 22.6 Å². The summed E-state index contributed by atoms with van der Waals surface area (Å²) in [7, 11) is 2.65. The number of methoxy groups -OCH3 is 2. The maximum Gasteiger partial charge on any atom is 0.318 e. The Kier molecular flexibility index (Phi) is 6.04. The number of carbonyl (C=O) groups excluding carboxylic acids is 2. The Morgan fingerprint density at radius 3 is 2.33 bits per heavy atom. The van der Waals surface area contributed by atoms with E-state index in [-0.39, 0.29) is 22.3 Å². The molecule has 4 nitrogen and oxygen atoms in total. The fourth-order valence-corrected chi connectivity index (χ4v) is 1.16. The molecule has 0 spiro atoms. The number of carbonyl (C=O) groups is 2. The Hall–Kier alpha value is -0.330. The SMILES string of the molecule is COC(=O)CCC(I)C(=O)OC. The van der Waals surface area contributed by atoms with Crippen LogP contribution in [0.25, 0.3) is 0 Å². The van der Waals surface area contributed by atoms with Crippen LogP contribution in [0.1, 0.15) is 12.8 Å². The van der Waals surface area contributed by atoms with Gasteiger partial charge in [0.05, 0.1) is 14.2 Å². The minimum atomic E-state index is -0.306. The minimum Gasteiger partial charge on any atom is -0.469 e. The van der Waals surface area contributed by atoms with Crippen molar-refractivity contribution in [2.24, 2.45) is 0 Å². The van der Waals surface area contributed by atoms with Gasteiger partial charge in [0.1, 0.15) is 3.92 Å². The van der Waals surface area contributed by atoms with E-state index in [1.807, 2.05) is 22.6 Å². The minimum absolute atomic E-state index is 0.249. The summed E-state index contributed by atoms with van der Waals surface area (Å²) in [5.41, 5.74) is 0. The predicted molar refractivity (Wildman–Crippen MR) is 51.1 cm³/mol. The van der Waals surface area contributed by atoms with Gasteiger partial charge in [-0.25, -0.2) is 0 Å². The first-order chi connectivity index (χ1) is 5.61. The van der Waals surface area contributed by atoms with E-state index in [9.17, 15) is 9.59 Å². The maximum absolute atomic E-state index is 10.8. The second-order valence-electron chi connectivity index (χ2n) is 2.11. The van der Waals surface area contributed by atoms with Crippen LogP contribution in [0.3, 0.4) is 0 Å². The van der Waals surface area contributed by atoms with Crippen LogP contribution in [0.4, 0.5) is 0 Å². The van der Waals surface area contributed by atoms with Crippen LogP contribution in [0.2, 0.25) is 0 Å². The monoisotopic (exact) mass is 286 g/mol. The van der Waals surface area contributed by atoms with E-state index in [0.717, 1.165) is 0 Å². The largest absolute Gasteiger partial charge is 0.469 e. The van der Waals surface area contributed by atoms with Gasteiger partial charge in [0.25, 0.3) is 0 Å². The predicted octanol–water partition coefficient (Wildman–Crippen LogP) is 0.916. The molecule has 0 saturated heterocycles. The summed E-state index contributed by atoms with van der Waals surface area (Å²) in [4.78, 5) is 21.5. The molecule has 0 aliphatic rings. The molecule has 5 heteroatoms. The maximum atomic E-state index is 10.8. The zero-order valence-electron chi connectivity index (χ0n) is 7.00. The first kappa shape index (κ1) is 11.7. The number of hydrogen-bond donors (Lipinski definition) is 0. The molecule has 0 fully saturated rings. The molecule has 0 bridgehead atoms. The van der Waals surface area contributed by atoms with Crippen molar-refractivity contribution < 1.29 is 19.1 Å². The smallest absolute Gasteiger partial charge is 0.318 e. The second-order valence-corrected chi connectivity index (χ2v) is 3.61. The highest BCUT2D eigenvalue weighted by atomic mass is 127. The number of ether oxygens (including phenoxy) is 2. The number of hydrogen-bond acceptors (Lipinski definition) is 4. The summed E-state index contributed by atoms with van der Waals surface area (Å²) >= 11 is 1.93. The van der Waals surface area contributed by atoms with Crippen LogP contribution in [-0.4, -0.2) is 30.1 Å². The van der Waals surface area contributed by atoms with Crippen LogP contribution >= 0.6 is 22.6 Å². The van der Waals surface area contributed by atoms with Crippen molar-refractivity contribution in [2.45, 2.75) is 16.8 Å². The van der Waals surface area contributed by atoms with Gasteiger partial charge in [0.15, 0.2) is 0 Å². The third kappa shape index (κ3) is 4.53. The lowest BCUT2D eigenvalue weighted by Gasteiger charge is -2.05. The van der Waals surface area contributed by atoms with Gasteiger partial charge in [-0.2, -0.15) is 0 Å². The van der Waals surface area contributed by atoms with E-state index in [4.69, 9.17) is 0 Å². The van der Waals surface area contributed by atoms with Crippen molar-refractivity contribution in [1.29, 1.82) is 0 Å². The van der Waals surface area contributed by atoms with Crippen molar-refractivity contribution in [3.63, 3.8) is 0 Å². The standard InChI is InChI=1S/C7H11IO4/c1-11-6(9)4-3-5(8)7(10)12-2/h5H,3-4H2,1-2H3. The summed E-state index contributed by atoms with van der Waals surface area (Å²) in [6.45, 7) is 0. The van der Waals surface area contributed by atoms with Gasteiger partial charge in [-0.3, -0.25) is 9.59 Å². The molecule has 0 aromatic heterocycles. The van der Waals surface area contributed by atoms with Gasteiger partial charge >= 0.3 is 11.9 Å². The quantitative estimate of drug-likeness (QED) is 0.438. The summed E-state index contributed by atoms with van der Waals surface area (Å²) in [6.07, 6.45) is 0.707. The highest BCUT2D eigenvalue weighted by Gasteiger charge is 2.16. The zero-order valence-corrected chi connectivity index (χ0v) is 9.16. The Labute approximate surface area is 84.7 Å². The topological polar surface area (TPSA) is 52.6 Å². The van der Waals surface area contributed by atoms with Gasteiger partial charge < -0.3 is 9.47 Å². The first-order valence-electron chi connectivity index (χ1n) is 3.40. The van der Waals surface area contributed by atoms with Crippen molar-refractivity contribution in [2.75, 3.05) is 14.2 Å². The van der Waals surface area contributed by atoms with Crippen molar-refractivity contribution in [3.05, 3.63) is 0 Å². The van der Waals surface area contributed by atoms with Gasteiger partial charge in [0, 0.05) is 6.42 Å². The number of alkyl halides is 1. The van der Waals surface area contributed by atoms with Gasteiger partial charge in [-0.05, 0) is 6.42 Å². The molecule has 0 radical (unpaired) electrons. The summed E-state index contributed by atoms with van der Waals surface area (Å²) in [5, 5.41) is 0. The highest BCUT2D eigenvalue weighted by molar-refractivity contribution is 14.1. The first-order valence-corrected chi connectivity index (χ1v) is 4.65. The Balaban J connectivity index is 3.63. The van der Waals surface area contributed by atoms with Crippen LogP contribution in [0, 0.1) is 0 Å². The number of halogens is 1. The average molecular weight is 286 g/mol. The summed E-state index contributed by atoms with van der Waals surface area (Å²) in [6, 6.07) is 0.